The predicted molar refractivity (Wildman–Crippen MR) is 285 cm³/mol. The van der Waals surface area contributed by atoms with Crippen LogP contribution in [0.25, 0.3) is 21.3 Å². The number of carbonyl (C=O) groups excluding carboxylic acids is 2. The number of hydrogen-bond acceptors (Lipinski definition) is 13. The number of unbranched alkanes of at least 4 members (excludes halogenated alkanes) is 2. The molecule has 4 heterocycles. The van der Waals surface area contributed by atoms with Crippen molar-refractivity contribution in [1.82, 2.24) is 24.6 Å². The van der Waals surface area contributed by atoms with Crippen LogP contribution in [0.1, 0.15) is 118 Å². The number of anilines is 2. The molecule has 2 aromatic carbocycles. The van der Waals surface area contributed by atoms with Crippen molar-refractivity contribution in [3.8, 4) is 11.1 Å². The average Bonchev–Trinajstić information content (AvgIpc) is 3.89. The molecule has 3 unspecified atom stereocenters. The Morgan fingerprint density at radius 3 is 2.44 bits per heavy atom. The van der Waals surface area contributed by atoms with Gasteiger partial charge >= 0.3 is 5.97 Å². The van der Waals surface area contributed by atoms with E-state index in [1.807, 2.05) is 59.0 Å². The molecule has 72 heavy (non-hydrogen) atoms. The lowest BCUT2D eigenvalue weighted by atomic mass is 9.80. The third-order valence-corrected chi connectivity index (χ3v) is 16.1. The smallest absolute Gasteiger partial charge is 0.355 e. The molecule has 391 valence electrons. The molecule has 2 amide bonds. The third-order valence-electron chi connectivity index (χ3n) is 13.1. The highest BCUT2D eigenvalue weighted by atomic mass is 32.2. The number of carboxylic acids is 1. The Labute approximate surface area is 428 Å². The number of para-hydroxylation sites is 1. The zero-order valence-electron chi connectivity index (χ0n) is 39.9. The van der Waals surface area contributed by atoms with Gasteiger partial charge in [0.25, 0.3) is 16.0 Å². The van der Waals surface area contributed by atoms with Crippen LogP contribution in [0.5, 0.6) is 0 Å². The van der Waals surface area contributed by atoms with Gasteiger partial charge in [0.15, 0.2) is 20.7 Å². The highest BCUT2D eigenvalue weighted by molar-refractivity contribution is 7.94. The van der Waals surface area contributed by atoms with Crippen LogP contribution in [0.2, 0.25) is 0 Å². The van der Waals surface area contributed by atoms with Gasteiger partial charge in [-0.3, -0.25) is 24.1 Å². The molecule has 1 saturated carbocycles. The van der Waals surface area contributed by atoms with Crippen molar-refractivity contribution in [2.75, 3.05) is 48.0 Å². The number of nitrogens with one attached hydrogen (secondary N) is 1. The van der Waals surface area contributed by atoms with Gasteiger partial charge in [-0.1, -0.05) is 77.3 Å². The molecular weight excluding hydrogens is 979 g/mol. The number of amides is 2. The normalized spacial score (nSPS) is 17.4. The van der Waals surface area contributed by atoms with Gasteiger partial charge in [-0.2, -0.15) is 13.5 Å². The first-order valence-corrected chi connectivity index (χ1v) is 27.8. The summed E-state index contributed by atoms with van der Waals surface area (Å²) >= 11 is 1.41. The maximum Gasteiger partial charge on any atom is 0.355 e. The summed E-state index contributed by atoms with van der Waals surface area (Å²) in [5.74, 6) is 0.0230. The van der Waals surface area contributed by atoms with Gasteiger partial charge in [0.2, 0.25) is 5.91 Å². The van der Waals surface area contributed by atoms with Crippen molar-refractivity contribution in [3.05, 3.63) is 107 Å². The van der Waals surface area contributed by atoms with Gasteiger partial charge in [0, 0.05) is 72.9 Å². The summed E-state index contributed by atoms with van der Waals surface area (Å²) in [4.78, 5) is 52.4. The molecular formula is C52H70N7O10S3. The topological polar surface area (TPSA) is 231 Å². The first-order valence-electron chi connectivity index (χ1n) is 23.7. The minimum Gasteiger partial charge on any atom is -0.476 e. The standard InChI is InChI=1S/C50H62N7O10S3.2CH4/c1-5-69(62,63)24-10-6-7-16-46(58)55(22-25-70(64,65)66)21-23-67-38-28-34(3)26-33(2)27-36(29-38)31-57-35(4)41(30-51-57)39-17-18-45(53-47(39)49(60)61)56-20-19-37-12-11-13-40(42(37)32-56)48(59)54-50-52-43-14-8-9-15-44(43)68-50;;/h5,8-9,11-15,17-18,30,33-34,38H,1,6-7,10,16,19-29,31-32H2,2-4H3,(H,60,61)(H,52,54,59)(H,64,65,66);2*1H4. The van der Waals surface area contributed by atoms with E-state index >= 15 is 0 Å². The van der Waals surface area contributed by atoms with E-state index in [1.54, 1.807) is 18.3 Å². The number of aromatic nitrogens is 4. The van der Waals surface area contributed by atoms with E-state index in [9.17, 15) is 40.9 Å². The van der Waals surface area contributed by atoms with E-state index in [2.05, 4.69) is 30.7 Å². The Kier molecular flexibility index (Phi) is 20.2. The van der Waals surface area contributed by atoms with Crippen molar-refractivity contribution in [1.29, 1.82) is 0 Å². The van der Waals surface area contributed by atoms with Gasteiger partial charge in [-0.25, -0.2) is 23.2 Å². The van der Waals surface area contributed by atoms with E-state index in [-0.39, 0.29) is 70.3 Å². The summed E-state index contributed by atoms with van der Waals surface area (Å²) in [6, 6.07) is 17.0. The van der Waals surface area contributed by atoms with Crippen LogP contribution in [-0.2, 0) is 49.0 Å². The monoisotopic (exact) mass is 1050 g/mol. The maximum absolute atomic E-state index is 13.7. The number of fused-ring (bicyclic) bond motifs is 2. The van der Waals surface area contributed by atoms with Gasteiger partial charge in [0.1, 0.15) is 5.82 Å². The van der Waals surface area contributed by atoms with Crippen molar-refractivity contribution >= 4 is 70.2 Å². The first-order chi connectivity index (χ1) is 33.4. The quantitative estimate of drug-likeness (QED) is 0.0459. The number of nitrogens with zero attached hydrogens (tertiary/aromatic N) is 6. The zero-order chi connectivity index (χ0) is 50.2. The molecule has 7 rings (SSSR count). The molecule has 1 aliphatic carbocycles. The van der Waals surface area contributed by atoms with Crippen molar-refractivity contribution in [3.63, 3.8) is 0 Å². The predicted octanol–water partition coefficient (Wildman–Crippen LogP) is 9.29. The van der Waals surface area contributed by atoms with Crippen LogP contribution >= 0.6 is 11.3 Å². The summed E-state index contributed by atoms with van der Waals surface area (Å²) in [6.07, 6.45) is 6.69. The lowest BCUT2D eigenvalue weighted by molar-refractivity contribution is -0.132. The minimum atomic E-state index is -4.33. The first kappa shape index (κ1) is 57.4. The Bertz CT molecular complexity index is 2890. The van der Waals surface area contributed by atoms with E-state index in [0.717, 1.165) is 51.7 Å². The third kappa shape index (κ3) is 15.3. The molecule has 5 aromatic rings. The molecule has 0 spiro atoms. The van der Waals surface area contributed by atoms with E-state index in [0.29, 0.717) is 91.2 Å². The van der Waals surface area contributed by atoms with Crippen molar-refractivity contribution < 1.29 is 45.6 Å². The van der Waals surface area contributed by atoms with Crippen LogP contribution in [0.4, 0.5) is 10.9 Å². The van der Waals surface area contributed by atoms with E-state index in [4.69, 9.17) is 14.8 Å². The van der Waals surface area contributed by atoms with Gasteiger partial charge < -0.3 is 19.6 Å². The summed E-state index contributed by atoms with van der Waals surface area (Å²) < 4.78 is 65.5. The number of benzene rings is 2. The van der Waals surface area contributed by atoms with Gasteiger partial charge in [-0.15, -0.1) is 0 Å². The zero-order valence-corrected chi connectivity index (χ0v) is 42.3. The summed E-state index contributed by atoms with van der Waals surface area (Å²) in [6.45, 7) is 11.1. The molecule has 1 radical (unpaired) electrons. The Balaban J connectivity index is 0.00000481. The molecule has 0 bridgehead atoms. The number of hydrogen-bond donors (Lipinski definition) is 3. The minimum absolute atomic E-state index is 0. The second kappa shape index (κ2) is 25.4. The van der Waals surface area contributed by atoms with Crippen LogP contribution in [0.15, 0.2) is 72.8 Å². The summed E-state index contributed by atoms with van der Waals surface area (Å²) in [7, 11) is -7.67. The van der Waals surface area contributed by atoms with Crippen LogP contribution in [0, 0.1) is 24.7 Å². The van der Waals surface area contributed by atoms with E-state index in [1.165, 1.54) is 22.2 Å². The highest BCUT2D eigenvalue weighted by Gasteiger charge is 2.30. The maximum atomic E-state index is 13.7. The molecule has 3 atom stereocenters. The Hall–Kier alpha value is -5.54. The van der Waals surface area contributed by atoms with Crippen molar-refractivity contribution in [2.45, 2.75) is 113 Å². The summed E-state index contributed by atoms with van der Waals surface area (Å²) in [5, 5.41) is 19.7. The van der Waals surface area contributed by atoms with Crippen molar-refractivity contribution in [2.24, 2.45) is 11.8 Å². The highest BCUT2D eigenvalue weighted by Crippen LogP contribution is 2.36. The molecule has 0 saturated heterocycles. The second-order valence-electron chi connectivity index (χ2n) is 18.6. The van der Waals surface area contributed by atoms with Crippen LogP contribution in [0.3, 0.4) is 0 Å². The number of pyridine rings is 1. The van der Waals surface area contributed by atoms with Gasteiger partial charge in [0.05, 0.1) is 40.6 Å². The fourth-order valence-electron chi connectivity index (χ4n) is 9.63. The summed E-state index contributed by atoms with van der Waals surface area (Å²) in [5.41, 5.74) is 4.98. The number of aromatic carboxylic acids is 1. The second-order valence-corrected chi connectivity index (χ2v) is 23.2. The van der Waals surface area contributed by atoms with E-state index < -0.39 is 31.7 Å². The molecule has 3 N–H and O–H groups in total. The molecule has 20 heteroatoms. The lowest BCUT2D eigenvalue weighted by Crippen LogP contribution is -2.38. The fraction of sp³-hybridized carbons (Fsp3) is 0.481. The number of sulfone groups is 1. The number of thiazole rings is 1. The Morgan fingerprint density at radius 1 is 0.931 bits per heavy atom. The molecule has 2 aliphatic rings. The Morgan fingerprint density at radius 2 is 1.71 bits per heavy atom. The van der Waals surface area contributed by atoms with Gasteiger partial charge in [-0.05, 0) is 105 Å². The number of carbonyl (C=O) groups is 3. The number of rotatable bonds is 21. The number of carboxylic acid groups (broad SMARTS) is 1. The molecule has 1 aliphatic heterocycles. The molecule has 3 aromatic heterocycles. The molecule has 17 nitrogen and oxygen atoms in total. The van der Waals surface area contributed by atoms with Crippen LogP contribution in [-0.4, -0.2) is 113 Å². The SMILES string of the molecule is C.C.C=CS(=O)(=O)CCCCCC(=O)N(CCOC1C[C](Cn2ncc(-c3ccc(N4CCc5cccc(C(=O)Nc6nc7ccccc7s6)c5C4)nc3C(=O)O)c2C)CC(C)CC(C)C1)CCS(=O)(=O)O. The lowest BCUT2D eigenvalue weighted by Gasteiger charge is -2.33. The molecule has 1 fully saturated rings. The number of ether oxygens (including phenoxy) is 1. The average molecular weight is 1050 g/mol. The van der Waals surface area contributed by atoms with Crippen LogP contribution < -0.4 is 10.2 Å². The fourth-order valence-corrected chi connectivity index (χ4v) is 11.7. The largest absolute Gasteiger partial charge is 0.476 e.